The van der Waals surface area contributed by atoms with Crippen LogP contribution in [0, 0.1) is 0 Å². The summed E-state index contributed by atoms with van der Waals surface area (Å²) >= 11 is 0. The molecule has 0 amide bonds. The highest BCUT2D eigenvalue weighted by Crippen LogP contribution is 2.24. The van der Waals surface area contributed by atoms with Gasteiger partial charge in [0.15, 0.2) is 0 Å². The van der Waals surface area contributed by atoms with E-state index >= 15 is 0 Å². The van der Waals surface area contributed by atoms with E-state index in [1.165, 1.54) is 0 Å². The van der Waals surface area contributed by atoms with Gasteiger partial charge in [-0.15, -0.1) is 0 Å². The second-order valence-electron chi connectivity index (χ2n) is 3.54. The minimum Gasteiger partial charge on any atom is -0.388 e. The van der Waals surface area contributed by atoms with Crippen LogP contribution in [-0.2, 0) is 0 Å². The Morgan fingerprint density at radius 2 is 2.20 bits per heavy atom. The Morgan fingerprint density at radius 1 is 1.33 bits per heavy atom. The van der Waals surface area contributed by atoms with Crippen LogP contribution in [0.4, 0.5) is 0 Å². The van der Waals surface area contributed by atoms with Gasteiger partial charge in [-0.1, -0.05) is 18.2 Å². The topological polar surface area (TPSA) is 59.1 Å². The number of hydrogen-bond acceptors (Lipinski definition) is 3. The van der Waals surface area contributed by atoms with Crippen LogP contribution < -0.4 is 5.73 Å². The lowest BCUT2D eigenvalue weighted by molar-refractivity contribution is 0.172. The Kier molecular flexibility index (Phi) is 2.94. The zero-order chi connectivity index (χ0) is 10.7. The molecule has 0 aliphatic rings. The number of aromatic nitrogens is 1. The number of benzene rings is 1. The number of aliphatic hydroxyl groups is 1. The third-order valence-corrected chi connectivity index (χ3v) is 2.51. The van der Waals surface area contributed by atoms with E-state index in [2.05, 4.69) is 4.98 Å². The van der Waals surface area contributed by atoms with Gasteiger partial charge < -0.3 is 10.8 Å². The molecule has 0 fully saturated rings. The molecule has 1 heterocycles. The average molecular weight is 202 g/mol. The monoisotopic (exact) mass is 202 g/mol. The van der Waals surface area contributed by atoms with Crippen LogP contribution in [0.5, 0.6) is 0 Å². The molecule has 0 radical (unpaired) electrons. The van der Waals surface area contributed by atoms with Gasteiger partial charge in [0.1, 0.15) is 0 Å². The molecule has 3 heteroatoms. The second kappa shape index (κ2) is 4.38. The summed E-state index contributed by atoms with van der Waals surface area (Å²) in [7, 11) is 0. The smallest absolute Gasteiger partial charge is 0.0808 e. The highest BCUT2D eigenvalue weighted by atomic mass is 16.3. The quantitative estimate of drug-likeness (QED) is 0.795. The highest BCUT2D eigenvalue weighted by molar-refractivity contribution is 5.85. The third-order valence-electron chi connectivity index (χ3n) is 2.51. The largest absolute Gasteiger partial charge is 0.388 e. The summed E-state index contributed by atoms with van der Waals surface area (Å²) in [5.41, 5.74) is 6.37. The van der Waals surface area contributed by atoms with Gasteiger partial charge in [0.05, 0.1) is 6.10 Å². The van der Waals surface area contributed by atoms with Crippen molar-refractivity contribution >= 4 is 10.8 Å². The Balaban J connectivity index is 2.50. The minimum atomic E-state index is -0.485. The summed E-state index contributed by atoms with van der Waals surface area (Å²) in [6, 6.07) is 7.77. The van der Waals surface area contributed by atoms with Crippen molar-refractivity contribution in [1.29, 1.82) is 0 Å². The van der Waals surface area contributed by atoms with Crippen molar-refractivity contribution in [2.75, 3.05) is 6.54 Å². The van der Waals surface area contributed by atoms with E-state index in [0.29, 0.717) is 13.0 Å². The molecule has 15 heavy (non-hydrogen) atoms. The van der Waals surface area contributed by atoms with Crippen molar-refractivity contribution in [3.8, 4) is 0 Å². The van der Waals surface area contributed by atoms with E-state index in [1.54, 1.807) is 12.4 Å². The summed E-state index contributed by atoms with van der Waals surface area (Å²) < 4.78 is 0. The molecule has 3 nitrogen and oxygen atoms in total. The van der Waals surface area contributed by atoms with E-state index in [4.69, 9.17) is 5.73 Å². The molecule has 2 aromatic rings. The zero-order valence-electron chi connectivity index (χ0n) is 8.43. The van der Waals surface area contributed by atoms with Gasteiger partial charge in [-0.3, -0.25) is 4.98 Å². The number of aliphatic hydroxyl groups excluding tert-OH is 1. The fourth-order valence-corrected chi connectivity index (χ4v) is 1.75. The molecular weight excluding hydrogens is 188 g/mol. The van der Waals surface area contributed by atoms with Crippen molar-refractivity contribution in [3.05, 3.63) is 42.2 Å². The standard InChI is InChI=1S/C12H14N2O/c13-6-4-12(15)11-3-1-2-9-8-14-7-5-10(9)11/h1-3,5,7-8,12,15H,4,6,13H2/t12-/m1/s1. The number of fused-ring (bicyclic) bond motifs is 1. The molecule has 0 bridgehead atoms. The van der Waals surface area contributed by atoms with Gasteiger partial charge in [-0.2, -0.15) is 0 Å². The Morgan fingerprint density at radius 3 is 3.00 bits per heavy atom. The third kappa shape index (κ3) is 1.98. The molecule has 0 unspecified atom stereocenters. The van der Waals surface area contributed by atoms with Crippen molar-refractivity contribution in [3.63, 3.8) is 0 Å². The van der Waals surface area contributed by atoms with Crippen LogP contribution in [0.3, 0.4) is 0 Å². The van der Waals surface area contributed by atoms with Crippen molar-refractivity contribution in [1.82, 2.24) is 4.98 Å². The zero-order valence-corrected chi connectivity index (χ0v) is 8.43. The lowest BCUT2D eigenvalue weighted by Crippen LogP contribution is -2.07. The molecule has 0 aliphatic heterocycles. The van der Waals surface area contributed by atoms with E-state index in [9.17, 15) is 5.11 Å². The Hall–Kier alpha value is -1.45. The average Bonchev–Trinajstić information content (AvgIpc) is 2.28. The molecule has 78 valence electrons. The van der Waals surface area contributed by atoms with Gasteiger partial charge in [-0.05, 0) is 30.0 Å². The van der Waals surface area contributed by atoms with Gasteiger partial charge in [0, 0.05) is 17.8 Å². The highest BCUT2D eigenvalue weighted by Gasteiger charge is 2.09. The Bertz CT molecular complexity index is 451. The molecule has 0 aliphatic carbocycles. The maximum Gasteiger partial charge on any atom is 0.0808 e. The first-order chi connectivity index (χ1) is 7.33. The Labute approximate surface area is 88.6 Å². The van der Waals surface area contributed by atoms with Crippen molar-refractivity contribution in [2.45, 2.75) is 12.5 Å². The van der Waals surface area contributed by atoms with Crippen LogP contribution in [0.25, 0.3) is 10.8 Å². The summed E-state index contributed by atoms with van der Waals surface area (Å²) in [6.45, 7) is 0.489. The van der Waals surface area contributed by atoms with E-state index < -0.39 is 6.10 Å². The molecule has 0 saturated carbocycles. The molecule has 3 N–H and O–H groups in total. The van der Waals surface area contributed by atoms with Gasteiger partial charge in [0.2, 0.25) is 0 Å². The van der Waals surface area contributed by atoms with Crippen LogP contribution in [0.2, 0.25) is 0 Å². The minimum absolute atomic E-state index is 0.485. The van der Waals surface area contributed by atoms with E-state index in [1.807, 2.05) is 24.3 Å². The number of hydrogen-bond donors (Lipinski definition) is 2. The van der Waals surface area contributed by atoms with E-state index in [-0.39, 0.29) is 0 Å². The number of pyridine rings is 1. The molecule has 0 spiro atoms. The number of rotatable bonds is 3. The van der Waals surface area contributed by atoms with Gasteiger partial charge in [-0.25, -0.2) is 0 Å². The van der Waals surface area contributed by atoms with Gasteiger partial charge >= 0.3 is 0 Å². The van der Waals surface area contributed by atoms with Crippen molar-refractivity contribution in [2.24, 2.45) is 5.73 Å². The van der Waals surface area contributed by atoms with E-state index in [0.717, 1.165) is 16.3 Å². The van der Waals surface area contributed by atoms with Gasteiger partial charge in [0.25, 0.3) is 0 Å². The maximum atomic E-state index is 9.92. The summed E-state index contributed by atoms with van der Waals surface area (Å²) in [5, 5.41) is 12.0. The molecule has 1 atom stereocenters. The first kappa shape index (κ1) is 10.1. The fraction of sp³-hybridized carbons (Fsp3) is 0.250. The first-order valence-corrected chi connectivity index (χ1v) is 5.03. The van der Waals surface area contributed by atoms with Crippen molar-refractivity contribution < 1.29 is 5.11 Å². The summed E-state index contributed by atoms with van der Waals surface area (Å²) in [6.07, 6.45) is 3.64. The predicted molar refractivity (Wildman–Crippen MR) is 60.4 cm³/mol. The fourth-order valence-electron chi connectivity index (χ4n) is 1.75. The second-order valence-corrected chi connectivity index (χ2v) is 3.54. The first-order valence-electron chi connectivity index (χ1n) is 5.03. The van der Waals surface area contributed by atoms with Crippen LogP contribution in [-0.4, -0.2) is 16.6 Å². The lowest BCUT2D eigenvalue weighted by atomic mass is 10.0. The summed E-state index contributed by atoms with van der Waals surface area (Å²) in [5.74, 6) is 0. The maximum absolute atomic E-state index is 9.92. The lowest BCUT2D eigenvalue weighted by Gasteiger charge is -2.12. The van der Waals surface area contributed by atoms with Crippen LogP contribution in [0.1, 0.15) is 18.1 Å². The normalized spacial score (nSPS) is 12.9. The predicted octanol–water partition coefficient (Wildman–Crippen LogP) is 1.62. The molecular formula is C12H14N2O. The molecule has 1 aromatic heterocycles. The molecule has 1 aromatic carbocycles. The molecule has 2 rings (SSSR count). The number of nitrogens with two attached hydrogens (primary N) is 1. The summed E-state index contributed by atoms with van der Waals surface area (Å²) in [4.78, 5) is 4.05. The molecule has 0 saturated heterocycles. The number of nitrogens with zero attached hydrogens (tertiary/aromatic N) is 1. The van der Waals surface area contributed by atoms with Crippen LogP contribution >= 0.6 is 0 Å². The SMILES string of the molecule is NCC[C@@H](O)c1cccc2cnccc12. The van der Waals surface area contributed by atoms with Crippen LogP contribution in [0.15, 0.2) is 36.7 Å².